The Morgan fingerprint density at radius 2 is 1.97 bits per heavy atom. The molecule has 0 aromatic heterocycles. The molecule has 0 saturated carbocycles. The van der Waals surface area contributed by atoms with Gasteiger partial charge in [0.25, 0.3) is 5.91 Å². The summed E-state index contributed by atoms with van der Waals surface area (Å²) in [6.45, 7) is 3.36. The van der Waals surface area contributed by atoms with Crippen LogP contribution in [0.15, 0.2) is 54.6 Å². The molecule has 3 amide bonds. The smallest absolute Gasteiger partial charge is 0.414 e. The number of rotatable bonds is 8. The molecule has 2 aromatic carbocycles. The van der Waals surface area contributed by atoms with Crippen LogP contribution < -0.4 is 9.80 Å². The average Bonchev–Trinajstić information content (AvgIpc) is 3.64. The first-order valence-corrected chi connectivity index (χ1v) is 13.6. The summed E-state index contributed by atoms with van der Waals surface area (Å²) in [4.78, 5) is 43.1. The number of likely N-dealkylation sites (tertiary alicyclic amines) is 1. The quantitative estimate of drug-likeness (QED) is 0.483. The maximum atomic E-state index is 13.8. The van der Waals surface area contributed by atoms with E-state index in [2.05, 4.69) is 0 Å². The summed E-state index contributed by atoms with van der Waals surface area (Å²) in [5.74, 6) is -1.21. The number of benzene rings is 2. The molecule has 10 heteroatoms. The molecular formula is C29H32ClN3O6. The number of halogens is 1. The molecule has 3 heterocycles. The normalized spacial score (nSPS) is 23.6. The van der Waals surface area contributed by atoms with E-state index in [-0.39, 0.29) is 37.6 Å². The number of cyclic esters (lactones) is 1. The molecule has 2 fully saturated rings. The van der Waals surface area contributed by atoms with Crippen LogP contribution in [0.2, 0.25) is 5.02 Å². The first-order chi connectivity index (χ1) is 18.7. The van der Waals surface area contributed by atoms with Gasteiger partial charge in [0.15, 0.2) is 5.60 Å². The van der Waals surface area contributed by atoms with E-state index in [4.69, 9.17) is 16.3 Å². The van der Waals surface area contributed by atoms with Gasteiger partial charge >= 0.3 is 6.09 Å². The van der Waals surface area contributed by atoms with Crippen molar-refractivity contribution in [2.24, 2.45) is 5.92 Å². The third-order valence-electron chi connectivity index (χ3n) is 7.87. The summed E-state index contributed by atoms with van der Waals surface area (Å²) in [6.07, 6.45) is 4.77. The number of anilines is 2. The van der Waals surface area contributed by atoms with E-state index in [1.165, 1.54) is 4.90 Å². The van der Waals surface area contributed by atoms with Crippen LogP contribution in [-0.4, -0.2) is 65.4 Å². The van der Waals surface area contributed by atoms with E-state index < -0.39 is 17.4 Å². The van der Waals surface area contributed by atoms with Crippen molar-refractivity contribution in [3.63, 3.8) is 0 Å². The Morgan fingerprint density at radius 1 is 1.21 bits per heavy atom. The SMILES string of the molecule is C[C@@H](/C=C/CC(=O)N1CCC[C@H]1CO)[C@]1(O)C(=O)N(Cc2ccc(N3CCOC3=O)cc2)c2ccc(Cl)cc21. The maximum Gasteiger partial charge on any atom is 0.414 e. The number of aliphatic hydroxyl groups excluding tert-OH is 1. The number of hydrogen-bond donors (Lipinski definition) is 2. The number of carbonyl (C=O) groups excluding carboxylic acids is 3. The summed E-state index contributed by atoms with van der Waals surface area (Å²) in [7, 11) is 0. The van der Waals surface area contributed by atoms with Crippen molar-refractivity contribution in [3.8, 4) is 0 Å². The first kappa shape index (κ1) is 27.2. The highest BCUT2D eigenvalue weighted by Crippen LogP contribution is 2.46. The number of nitrogens with zero attached hydrogens (tertiary/aromatic N) is 3. The predicted molar refractivity (Wildman–Crippen MR) is 146 cm³/mol. The monoisotopic (exact) mass is 553 g/mol. The van der Waals surface area contributed by atoms with Gasteiger partial charge in [-0.25, -0.2) is 4.79 Å². The second kappa shape index (κ2) is 11.0. The number of aliphatic hydroxyl groups is 2. The van der Waals surface area contributed by atoms with Crippen molar-refractivity contribution in [2.45, 2.75) is 44.4 Å². The van der Waals surface area contributed by atoms with Gasteiger partial charge in [0.1, 0.15) is 6.61 Å². The van der Waals surface area contributed by atoms with Crippen LogP contribution in [0.5, 0.6) is 0 Å². The summed E-state index contributed by atoms with van der Waals surface area (Å²) in [5, 5.41) is 21.7. The highest BCUT2D eigenvalue weighted by Gasteiger charge is 2.52. The molecule has 0 radical (unpaired) electrons. The number of ether oxygens (including phenoxy) is 1. The zero-order chi connectivity index (χ0) is 27.7. The summed E-state index contributed by atoms with van der Waals surface area (Å²) < 4.78 is 5.00. The zero-order valence-corrected chi connectivity index (χ0v) is 22.5. The Bertz CT molecular complexity index is 1300. The van der Waals surface area contributed by atoms with E-state index in [0.29, 0.717) is 41.7 Å². The molecule has 3 aliphatic rings. The second-order valence-electron chi connectivity index (χ2n) is 10.2. The fourth-order valence-corrected chi connectivity index (χ4v) is 5.82. The Balaban J connectivity index is 1.34. The summed E-state index contributed by atoms with van der Waals surface area (Å²) in [6, 6.07) is 12.2. The van der Waals surface area contributed by atoms with Crippen molar-refractivity contribution in [1.82, 2.24) is 4.90 Å². The van der Waals surface area contributed by atoms with E-state index in [0.717, 1.165) is 18.4 Å². The molecular weight excluding hydrogens is 522 g/mol. The second-order valence-corrected chi connectivity index (χ2v) is 10.7. The molecule has 2 saturated heterocycles. The molecule has 2 N–H and O–H groups in total. The fraction of sp³-hybridized carbons (Fsp3) is 0.414. The molecule has 0 spiro atoms. The van der Waals surface area contributed by atoms with Crippen LogP contribution in [0.3, 0.4) is 0 Å². The van der Waals surface area contributed by atoms with Gasteiger partial charge in [-0.15, -0.1) is 0 Å². The van der Waals surface area contributed by atoms with Crippen molar-refractivity contribution < 1.29 is 29.3 Å². The third kappa shape index (κ3) is 5.02. The van der Waals surface area contributed by atoms with Gasteiger partial charge < -0.3 is 24.7 Å². The summed E-state index contributed by atoms with van der Waals surface area (Å²) >= 11 is 6.28. The average molecular weight is 554 g/mol. The minimum Gasteiger partial charge on any atom is -0.447 e. The van der Waals surface area contributed by atoms with Crippen molar-refractivity contribution in [1.29, 1.82) is 0 Å². The molecule has 9 nitrogen and oxygen atoms in total. The van der Waals surface area contributed by atoms with Gasteiger partial charge in [-0.05, 0) is 48.7 Å². The van der Waals surface area contributed by atoms with E-state index >= 15 is 0 Å². The van der Waals surface area contributed by atoms with Gasteiger partial charge in [0.05, 0.1) is 31.4 Å². The molecule has 3 atom stereocenters. The number of carbonyl (C=O) groups is 3. The lowest BCUT2D eigenvalue weighted by Gasteiger charge is -2.28. The van der Waals surface area contributed by atoms with Crippen molar-refractivity contribution in [3.05, 3.63) is 70.8 Å². The Labute approximate surface area is 232 Å². The standard InChI is InChI=1S/C29H32ClN3O6/c1-19(4-2-6-26(35)31-13-3-5-23(31)18-34)29(38)24-16-21(30)9-12-25(24)33(27(29)36)17-20-7-10-22(11-8-20)32-14-15-39-28(32)37/h2,4,7-12,16,19,23,34,38H,3,5-6,13-15,17-18H2,1H3/b4-2+/t19-,23-,29+/m0/s1. The molecule has 2 aromatic rings. The Hall–Kier alpha value is -3.40. The van der Waals surface area contributed by atoms with Crippen molar-refractivity contribution in [2.75, 3.05) is 36.1 Å². The number of amides is 3. The summed E-state index contributed by atoms with van der Waals surface area (Å²) in [5.41, 5.74) is 0.659. The van der Waals surface area contributed by atoms with E-state index in [1.54, 1.807) is 47.1 Å². The van der Waals surface area contributed by atoms with Gasteiger partial charge in [0.2, 0.25) is 5.91 Å². The lowest BCUT2D eigenvalue weighted by Crippen LogP contribution is -2.44. The van der Waals surface area contributed by atoms with Crippen LogP contribution in [-0.2, 0) is 26.5 Å². The maximum absolute atomic E-state index is 13.8. The topological polar surface area (TPSA) is 111 Å². The molecule has 0 aliphatic carbocycles. The van der Waals surface area contributed by atoms with Crippen molar-refractivity contribution >= 4 is 40.9 Å². The highest BCUT2D eigenvalue weighted by atomic mass is 35.5. The zero-order valence-electron chi connectivity index (χ0n) is 21.8. The van der Waals surface area contributed by atoms with Gasteiger partial charge in [-0.2, -0.15) is 0 Å². The van der Waals surface area contributed by atoms with Crippen LogP contribution in [0, 0.1) is 5.92 Å². The lowest BCUT2D eigenvalue weighted by molar-refractivity contribution is -0.139. The molecule has 0 bridgehead atoms. The molecule has 39 heavy (non-hydrogen) atoms. The van der Waals surface area contributed by atoms with Gasteiger partial charge in [0, 0.05) is 35.2 Å². The molecule has 0 unspecified atom stereocenters. The van der Waals surface area contributed by atoms with E-state index in [9.17, 15) is 24.6 Å². The van der Waals surface area contributed by atoms with Gasteiger partial charge in [-0.3, -0.25) is 14.5 Å². The lowest BCUT2D eigenvalue weighted by atomic mass is 9.83. The van der Waals surface area contributed by atoms with E-state index in [1.807, 2.05) is 24.3 Å². The minimum absolute atomic E-state index is 0.0546. The van der Waals surface area contributed by atoms with Crippen LogP contribution in [0.25, 0.3) is 0 Å². The molecule has 3 aliphatic heterocycles. The highest BCUT2D eigenvalue weighted by molar-refractivity contribution is 6.31. The molecule has 206 valence electrons. The van der Waals surface area contributed by atoms with Crippen LogP contribution >= 0.6 is 11.6 Å². The van der Waals surface area contributed by atoms with Crippen LogP contribution in [0.4, 0.5) is 16.2 Å². The Kier molecular flexibility index (Phi) is 7.66. The number of fused-ring (bicyclic) bond motifs is 1. The first-order valence-electron chi connectivity index (χ1n) is 13.2. The van der Waals surface area contributed by atoms with Gasteiger partial charge in [-0.1, -0.05) is 42.8 Å². The Morgan fingerprint density at radius 3 is 2.67 bits per heavy atom. The minimum atomic E-state index is -1.86. The molecule has 5 rings (SSSR count). The largest absolute Gasteiger partial charge is 0.447 e. The number of hydrogen-bond acceptors (Lipinski definition) is 6. The third-order valence-corrected chi connectivity index (χ3v) is 8.10. The predicted octanol–water partition coefficient (Wildman–Crippen LogP) is 3.60. The fourth-order valence-electron chi connectivity index (χ4n) is 5.65. The van der Waals surface area contributed by atoms with Crippen LogP contribution in [0.1, 0.15) is 37.3 Å².